The first-order valence-electron chi connectivity index (χ1n) is 6.04. The molecular formula is C13H20N2O4. The molecule has 3 N–H and O–H groups in total. The van der Waals surface area contributed by atoms with Crippen LogP contribution in [0, 0.1) is 5.41 Å². The number of carbonyl (C=O) groups is 1. The fourth-order valence-corrected chi connectivity index (χ4v) is 1.95. The predicted molar refractivity (Wildman–Crippen MR) is 70.5 cm³/mol. The van der Waals surface area contributed by atoms with E-state index in [4.69, 9.17) is 15.2 Å². The van der Waals surface area contributed by atoms with E-state index < -0.39 is 11.4 Å². The molecule has 0 radical (unpaired) electrons. The van der Waals surface area contributed by atoms with Crippen molar-refractivity contribution in [2.24, 2.45) is 11.1 Å². The van der Waals surface area contributed by atoms with Crippen LogP contribution in [0.4, 0.5) is 0 Å². The zero-order chi connectivity index (χ0) is 14.5. The highest BCUT2D eigenvalue weighted by molar-refractivity contribution is 5.75. The van der Waals surface area contributed by atoms with Gasteiger partial charge < -0.3 is 20.3 Å². The maximum absolute atomic E-state index is 11.5. The van der Waals surface area contributed by atoms with Crippen LogP contribution < -0.4 is 15.2 Å². The summed E-state index contributed by atoms with van der Waals surface area (Å²) < 4.78 is 10.4. The number of hydrogen-bond donors (Lipinski definition) is 2. The van der Waals surface area contributed by atoms with Crippen molar-refractivity contribution < 1.29 is 19.4 Å². The van der Waals surface area contributed by atoms with Crippen molar-refractivity contribution in [3.05, 3.63) is 18.0 Å². The maximum atomic E-state index is 11.5. The lowest BCUT2D eigenvalue weighted by Gasteiger charge is -2.26. The van der Waals surface area contributed by atoms with E-state index in [-0.39, 0.29) is 13.0 Å². The Morgan fingerprint density at radius 3 is 2.58 bits per heavy atom. The smallest absolute Gasteiger partial charge is 0.311 e. The minimum Gasteiger partial charge on any atom is -0.493 e. The number of nitrogens with zero attached hydrogens (tertiary/aromatic N) is 1. The number of aliphatic carboxylic acids is 1. The number of aromatic nitrogens is 1. The van der Waals surface area contributed by atoms with Gasteiger partial charge in [-0.15, -0.1) is 0 Å². The van der Waals surface area contributed by atoms with Crippen LogP contribution >= 0.6 is 0 Å². The van der Waals surface area contributed by atoms with Gasteiger partial charge in [-0.05, 0) is 6.42 Å². The minimum atomic E-state index is -1.04. The second kappa shape index (κ2) is 6.38. The molecule has 1 heterocycles. The molecule has 0 spiro atoms. The Hall–Kier alpha value is -1.82. The third-order valence-electron chi connectivity index (χ3n) is 3.39. The summed E-state index contributed by atoms with van der Waals surface area (Å²) in [6.45, 7) is 1.84. The molecule has 0 aromatic carbocycles. The Labute approximate surface area is 112 Å². The summed E-state index contributed by atoms with van der Waals surface area (Å²) in [5, 5.41) is 9.40. The molecule has 19 heavy (non-hydrogen) atoms. The summed E-state index contributed by atoms with van der Waals surface area (Å²) in [6.07, 6.45) is 2.19. The van der Waals surface area contributed by atoms with E-state index in [9.17, 15) is 9.90 Å². The van der Waals surface area contributed by atoms with Crippen LogP contribution in [-0.4, -0.2) is 36.8 Å². The molecule has 0 aliphatic carbocycles. The lowest BCUT2D eigenvalue weighted by atomic mass is 9.80. The summed E-state index contributed by atoms with van der Waals surface area (Å²) in [5.74, 6) is 0.0570. The minimum absolute atomic E-state index is 0.0425. The van der Waals surface area contributed by atoms with Gasteiger partial charge in [0, 0.05) is 25.2 Å². The van der Waals surface area contributed by atoms with Gasteiger partial charge in [-0.2, -0.15) is 0 Å². The first-order chi connectivity index (χ1) is 9.04. The van der Waals surface area contributed by atoms with Gasteiger partial charge in [0.25, 0.3) is 0 Å². The molecule has 0 aliphatic heterocycles. The lowest BCUT2D eigenvalue weighted by Crippen LogP contribution is -2.40. The Kier molecular flexibility index (Phi) is 5.11. The van der Waals surface area contributed by atoms with Crippen LogP contribution in [0.25, 0.3) is 0 Å². The van der Waals surface area contributed by atoms with Crippen LogP contribution in [0.3, 0.4) is 0 Å². The fraction of sp³-hybridized carbons (Fsp3) is 0.538. The summed E-state index contributed by atoms with van der Waals surface area (Å²) in [7, 11) is 3.02. The molecule has 6 heteroatoms. The first kappa shape index (κ1) is 15.2. The van der Waals surface area contributed by atoms with E-state index in [1.807, 2.05) is 0 Å². The zero-order valence-corrected chi connectivity index (χ0v) is 11.5. The van der Waals surface area contributed by atoms with Crippen molar-refractivity contribution in [1.29, 1.82) is 0 Å². The number of nitrogens with two attached hydrogens (primary N) is 1. The largest absolute Gasteiger partial charge is 0.493 e. The van der Waals surface area contributed by atoms with Crippen LogP contribution in [0.5, 0.6) is 11.5 Å². The van der Waals surface area contributed by atoms with E-state index in [1.54, 1.807) is 19.2 Å². The predicted octanol–water partition coefficient (Wildman–Crippen LogP) is 1.08. The zero-order valence-electron chi connectivity index (χ0n) is 11.5. The molecular weight excluding hydrogens is 248 g/mol. The maximum Gasteiger partial charge on any atom is 0.311 e. The summed E-state index contributed by atoms with van der Waals surface area (Å²) >= 11 is 0. The molecule has 1 atom stereocenters. The Morgan fingerprint density at radius 2 is 2.16 bits per heavy atom. The topological polar surface area (TPSA) is 94.7 Å². The Balaban J connectivity index is 3.20. The Morgan fingerprint density at radius 1 is 1.47 bits per heavy atom. The molecule has 0 fully saturated rings. The summed E-state index contributed by atoms with van der Waals surface area (Å²) in [4.78, 5) is 15.7. The van der Waals surface area contributed by atoms with Gasteiger partial charge in [0.15, 0.2) is 11.5 Å². The molecule has 0 amide bonds. The van der Waals surface area contributed by atoms with Crippen LogP contribution in [0.1, 0.15) is 19.0 Å². The standard InChI is InChI=1S/C13H20N2O4/c1-4-13(8-14,12(16)17)7-9-11(19-3)10(18-2)5-6-15-9/h5-6H,4,7-8,14H2,1-3H3,(H,16,17). The third kappa shape index (κ3) is 2.96. The van der Waals surface area contributed by atoms with Crippen molar-refractivity contribution >= 4 is 5.97 Å². The number of pyridine rings is 1. The highest BCUT2D eigenvalue weighted by Crippen LogP contribution is 2.34. The Bertz CT molecular complexity index is 444. The molecule has 0 saturated heterocycles. The van der Waals surface area contributed by atoms with Crippen molar-refractivity contribution in [2.75, 3.05) is 20.8 Å². The number of ether oxygens (including phenoxy) is 2. The summed E-state index contributed by atoms with van der Waals surface area (Å²) in [5.41, 5.74) is 5.15. The highest BCUT2D eigenvalue weighted by Gasteiger charge is 2.37. The van der Waals surface area contributed by atoms with Gasteiger partial charge >= 0.3 is 5.97 Å². The monoisotopic (exact) mass is 268 g/mol. The van der Waals surface area contributed by atoms with Gasteiger partial charge in [-0.25, -0.2) is 0 Å². The first-order valence-corrected chi connectivity index (χ1v) is 6.04. The van der Waals surface area contributed by atoms with Gasteiger partial charge in [0.1, 0.15) is 0 Å². The number of carboxylic acid groups (broad SMARTS) is 1. The molecule has 6 nitrogen and oxygen atoms in total. The van der Waals surface area contributed by atoms with E-state index in [0.717, 1.165) is 0 Å². The van der Waals surface area contributed by atoms with E-state index in [0.29, 0.717) is 23.6 Å². The number of rotatable bonds is 7. The van der Waals surface area contributed by atoms with E-state index in [2.05, 4.69) is 4.98 Å². The third-order valence-corrected chi connectivity index (χ3v) is 3.39. The number of carboxylic acids is 1. The van der Waals surface area contributed by atoms with Gasteiger partial charge in [0.2, 0.25) is 0 Å². The SMILES string of the molecule is CCC(CN)(Cc1nccc(OC)c1OC)C(=O)O. The van der Waals surface area contributed by atoms with Crippen molar-refractivity contribution in [2.45, 2.75) is 19.8 Å². The molecule has 106 valence electrons. The molecule has 0 aliphatic rings. The fourth-order valence-electron chi connectivity index (χ4n) is 1.95. The number of methoxy groups -OCH3 is 2. The van der Waals surface area contributed by atoms with Crippen LogP contribution in [0.2, 0.25) is 0 Å². The van der Waals surface area contributed by atoms with Crippen LogP contribution in [-0.2, 0) is 11.2 Å². The molecule has 0 saturated carbocycles. The van der Waals surface area contributed by atoms with Crippen molar-refractivity contribution in [3.63, 3.8) is 0 Å². The molecule has 1 rings (SSSR count). The second-order valence-electron chi connectivity index (χ2n) is 4.31. The molecule has 1 unspecified atom stereocenters. The quantitative estimate of drug-likeness (QED) is 0.768. The second-order valence-corrected chi connectivity index (χ2v) is 4.31. The molecule has 1 aromatic heterocycles. The molecule has 1 aromatic rings. The van der Waals surface area contributed by atoms with Gasteiger partial charge in [-0.1, -0.05) is 6.92 Å². The number of hydrogen-bond acceptors (Lipinski definition) is 5. The average Bonchev–Trinajstić information content (AvgIpc) is 2.43. The highest BCUT2D eigenvalue weighted by atomic mass is 16.5. The lowest BCUT2D eigenvalue weighted by molar-refractivity contribution is -0.148. The normalized spacial score (nSPS) is 13.7. The van der Waals surface area contributed by atoms with E-state index in [1.165, 1.54) is 14.2 Å². The van der Waals surface area contributed by atoms with Gasteiger partial charge in [0.05, 0.1) is 25.3 Å². The summed E-state index contributed by atoms with van der Waals surface area (Å²) in [6, 6.07) is 1.67. The van der Waals surface area contributed by atoms with Gasteiger partial charge in [-0.3, -0.25) is 9.78 Å². The van der Waals surface area contributed by atoms with Crippen molar-refractivity contribution in [3.8, 4) is 11.5 Å². The van der Waals surface area contributed by atoms with E-state index >= 15 is 0 Å². The average molecular weight is 268 g/mol. The van der Waals surface area contributed by atoms with Crippen LogP contribution in [0.15, 0.2) is 12.3 Å². The van der Waals surface area contributed by atoms with Crippen molar-refractivity contribution in [1.82, 2.24) is 4.98 Å². The molecule has 0 bridgehead atoms.